The molecular formula is C24H42O3S2Si. The normalized spacial score (nSPS) is 19.4. The first-order valence-corrected chi connectivity index (χ1v) is 16.2. The molecule has 0 bridgehead atoms. The first-order chi connectivity index (χ1) is 14.1. The van der Waals surface area contributed by atoms with Crippen molar-refractivity contribution in [3.8, 4) is 0 Å². The SMILES string of the molecule is CC[C@@H](O)CC1(C[C@@H](COCc2ccccc2)O[Si](C)(C)C(C)(C)C)SCCCS1. The smallest absolute Gasteiger partial charge is 0.192 e. The summed E-state index contributed by atoms with van der Waals surface area (Å²) in [5.74, 6) is 2.34. The molecule has 1 aromatic carbocycles. The Kier molecular flexibility index (Phi) is 10.3. The highest BCUT2D eigenvalue weighted by Crippen LogP contribution is 2.50. The van der Waals surface area contributed by atoms with Gasteiger partial charge >= 0.3 is 0 Å². The van der Waals surface area contributed by atoms with Crippen molar-refractivity contribution >= 4 is 31.8 Å². The van der Waals surface area contributed by atoms with E-state index >= 15 is 0 Å². The van der Waals surface area contributed by atoms with Crippen LogP contribution in [-0.2, 0) is 15.8 Å². The summed E-state index contributed by atoms with van der Waals surface area (Å²) in [6.45, 7) is 14.8. The Hall–Kier alpha value is 0.0169. The Morgan fingerprint density at radius 1 is 1.10 bits per heavy atom. The summed E-state index contributed by atoms with van der Waals surface area (Å²) >= 11 is 4.06. The zero-order chi connectivity index (χ0) is 22.3. The van der Waals surface area contributed by atoms with E-state index in [9.17, 15) is 5.11 Å². The molecule has 6 heteroatoms. The van der Waals surface area contributed by atoms with E-state index < -0.39 is 8.32 Å². The third-order valence-corrected chi connectivity index (χ3v) is 14.2. The third kappa shape index (κ3) is 8.17. The van der Waals surface area contributed by atoms with E-state index in [0.29, 0.717) is 13.2 Å². The molecule has 1 heterocycles. The highest BCUT2D eigenvalue weighted by molar-refractivity contribution is 8.18. The molecule has 1 fully saturated rings. The fourth-order valence-electron chi connectivity index (χ4n) is 3.40. The van der Waals surface area contributed by atoms with Crippen molar-refractivity contribution in [3.05, 3.63) is 35.9 Å². The topological polar surface area (TPSA) is 38.7 Å². The van der Waals surface area contributed by atoms with E-state index in [1.165, 1.54) is 23.5 Å². The number of rotatable bonds is 11. The van der Waals surface area contributed by atoms with Crippen LogP contribution in [-0.4, -0.2) is 47.8 Å². The molecule has 0 aromatic heterocycles. The molecule has 172 valence electrons. The van der Waals surface area contributed by atoms with Crippen LogP contribution in [0.1, 0.15) is 58.9 Å². The van der Waals surface area contributed by atoms with Crippen LogP contribution in [0.5, 0.6) is 0 Å². The molecule has 3 nitrogen and oxygen atoms in total. The highest BCUT2D eigenvalue weighted by Gasteiger charge is 2.43. The summed E-state index contributed by atoms with van der Waals surface area (Å²) in [6, 6.07) is 10.4. The summed E-state index contributed by atoms with van der Waals surface area (Å²) in [5, 5.41) is 10.6. The molecule has 2 rings (SSSR count). The zero-order valence-electron chi connectivity index (χ0n) is 19.8. The Bertz CT molecular complexity index is 613. The molecule has 1 aromatic rings. The van der Waals surface area contributed by atoms with Gasteiger partial charge in [0.05, 0.1) is 29.5 Å². The number of benzene rings is 1. The van der Waals surface area contributed by atoms with E-state index in [0.717, 1.165) is 19.3 Å². The maximum absolute atomic E-state index is 10.5. The number of hydrogen-bond donors (Lipinski definition) is 1. The minimum absolute atomic E-state index is 0.0246. The first kappa shape index (κ1) is 26.3. The number of thioether (sulfide) groups is 2. The number of aliphatic hydroxyl groups is 1. The Labute approximate surface area is 194 Å². The minimum atomic E-state index is -1.92. The predicted octanol–water partition coefficient (Wildman–Crippen LogP) is 6.71. The lowest BCUT2D eigenvalue weighted by molar-refractivity contribution is 0.0268. The molecule has 1 N–H and O–H groups in total. The van der Waals surface area contributed by atoms with Crippen LogP contribution < -0.4 is 0 Å². The van der Waals surface area contributed by atoms with Gasteiger partial charge in [-0.15, -0.1) is 23.5 Å². The summed E-state index contributed by atoms with van der Waals surface area (Å²) < 4.78 is 13.1. The predicted molar refractivity (Wildman–Crippen MR) is 136 cm³/mol. The van der Waals surface area contributed by atoms with Gasteiger partial charge in [0.2, 0.25) is 0 Å². The summed E-state index contributed by atoms with van der Waals surface area (Å²) in [7, 11) is -1.92. The zero-order valence-corrected chi connectivity index (χ0v) is 22.4. The fourth-order valence-corrected chi connectivity index (χ4v) is 8.30. The van der Waals surface area contributed by atoms with E-state index in [4.69, 9.17) is 9.16 Å². The summed E-state index contributed by atoms with van der Waals surface area (Å²) in [5.41, 5.74) is 1.20. The van der Waals surface area contributed by atoms with Crippen LogP contribution in [0, 0.1) is 0 Å². The Balaban J connectivity index is 2.13. The average molecular weight is 471 g/mol. The number of hydrogen-bond acceptors (Lipinski definition) is 5. The van der Waals surface area contributed by atoms with Crippen molar-refractivity contribution < 1.29 is 14.3 Å². The Morgan fingerprint density at radius 3 is 2.30 bits per heavy atom. The van der Waals surface area contributed by atoms with Crippen LogP contribution in [0.3, 0.4) is 0 Å². The van der Waals surface area contributed by atoms with Gasteiger partial charge in [-0.2, -0.15) is 0 Å². The molecule has 1 aliphatic heterocycles. The largest absolute Gasteiger partial charge is 0.412 e. The van der Waals surface area contributed by atoms with Crippen LogP contribution in [0.25, 0.3) is 0 Å². The van der Waals surface area contributed by atoms with Gasteiger partial charge in [0.1, 0.15) is 0 Å². The maximum atomic E-state index is 10.5. The molecule has 0 aliphatic carbocycles. The third-order valence-electron chi connectivity index (χ3n) is 6.26. The van der Waals surface area contributed by atoms with E-state index in [1.807, 2.05) is 29.6 Å². The lowest BCUT2D eigenvalue weighted by Crippen LogP contribution is -2.47. The lowest BCUT2D eigenvalue weighted by atomic mass is 10.1. The van der Waals surface area contributed by atoms with E-state index in [1.54, 1.807) is 0 Å². The lowest BCUT2D eigenvalue weighted by Gasteiger charge is -2.44. The number of ether oxygens (including phenoxy) is 1. The molecule has 2 atom stereocenters. The van der Waals surface area contributed by atoms with Crippen molar-refractivity contribution in [2.75, 3.05) is 18.1 Å². The molecule has 0 amide bonds. The summed E-state index contributed by atoms with van der Waals surface area (Å²) in [6.07, 6.45) is 3.62. The van der Waals surface area contributed by atoms with Crippen LogP contribution in [0.15, 0.2) is 30.3 Å². The number of aliphatic hydroxyl groups excluding tert-OH is 1. The van der Waals surface area contributed by atoms with Gasteiger partial charge in [-0.1, -0.05) is 58.0 Å². The van der Waals surface area contributed by atoms with Gasteiger partial charge in [-0.05, 0) is 60.9 Å². The highest BCUT2D eigenvalue weighted by atomic mass is 32.2. The van der Waals surface area contributed by atoms with Crippen LogP contribution in [0.4, 0.5) is 0 Å². The van der Waals surface area contributed by atoms with E-state index in [-0.39, 0.29) is 21.3 Å². The second kappa shape index (κ2) is 11.8. The molecule has 1 saturated heterocycles. The van der Waals surface area contributed by atoms with Crippen molar-refractivity contribution in [2.45, 2.75) is 94.4 Å². The van der Waals surface area contributed by atoms with Gasteiger partial charge in [0.25, 0.3) is 0 Å². The van der Waals surface area contributed by atoms with Crippen LogP contribution in [0.2, 0.25) is 18.1 Å². The molecule has 0 radical (unpaired) electrons. The molecule has 30 heavy (non-hydrogen) atoms. The van der Waals surface area contributed by atoms with Gasteiger partial charge in [-0.25, -0.2) is 0 Å². The van der Waals surface area contributed by atoms with Crippen molar-refractivity contribution in [1.82, 2.24) is 0 Å². The molecule has 0 spiro atoms. The van der Waals surface area contributed by atoms with Gasteiger partial charge in [0, 0.05) is 0 Å². The van der Waals surface area contributed by atoms with Crippen molar-refractivity contribution in [3.63, 3.8) is 0 Å². The van der Waals surface area contributed by atoms with Crippen LogP contribution >= 0.6 is 23.5 Å². The average Bonchev–Trinajstić information content (AvgIpc) is 2.68. The van der Waals surface area contributed by atoms with Gasteiger partial charge in [-0.3, -0.25) is 0 Å². The standard InChI is InChI=1S/C24H42O3S2Si/c1-7-21(25)16-24(28-14-11-15-29-24)17-22(27-30(5,6)23(2,3)4)19-26-18-20-12-9-8-10-13-20/h8-10,12-13,21-22,25H,7,11,14-19H2,1-6H3/t21-,22+/m1/s1. The first-order valence-electron chi connectivity index (χ1n) is 11.3. The van der Waals surface area contributed by atoms with Crippen molar-refractivity contribution in [2.24, 2.45) is 0 Å². The monoisotopic (exact) mass is 470 g/mol. The van der Waals surface area contributed by atoms with E-state index in [2.05, 4.69) is 65.1 Å². The quantitative estimate of drug-likeness (QED) is 0.364. The van der Waals surface area contributed by atoms with Gasteiger partial charge < -0.3 is 14.3 Å². The second-order valence-corrected chi connectivity index (χ2v) is 17.9. The molecular weight excluding hydrogens is 428 g/mol. The molecule has 0 unspecified atom stereocenters. The summed E-state index contributed by atoms with van der Waals surface area (Å²) in [4.78, 5) is 0. The van der Waals surface area contributed by atoms with Crippen molar-refractivity contribution in [1.29, 1.82) is 0 Å². The maximum Gasteiger partial charge on any atom is 0.192 e. The van der Waals surface area contributed by atoms with Gasteiger partial charge in [0.15, 0.2) is 8.32 Å². The Morgan fingerprint density at radius 2 is 1.73 bits per heavy atom. The second-order valence-electron chi connectivity index (χ2n) is 9.93. The fraction of sp³-hybridized carbons (Fsp3) is 0.750. The minimum Gasteiger partial charge on any atom is -0.412 e. The molecule has 1 aliphatic rings. The molecule has 0 saturated carbocycles.